The van der Waals surface area contributed by atoms with Crippen LogP contribution in [0.5, 0.6) is 0 Å². The van der Waals surface area contributed by atoms with Gasteiger partial charge >= 0.3 is 0 Å². The number of furan rings is 1. The van der Waals surface area contributed by atoms with Crippen molar-refractivity contribution in [1.82, 2.24) is 25.1 Å². The molecule has 0 saturated heterocycles. The summed E-state index contributed by atoms with van der Waals surface area (Å²) in [5.74, 6) is 0.348. The highest BCUT2D eigenvalue weighted by Gasteiger charge is 2.53. The molecule has 2 aliphatic rings. The van der Waals surface area contributed by atoms with Gasteiger partial charge in [-0.25, -0.2) is 4.98 Å². The number of nitrogens with one attached hydrogen (secondary N) is 2. The van der Waals surface area contributed by atoms with Crippen LogP contribution < -0.4 is 10.6 Å². The summed E-state index contributed by atoms with van der Waals surface area (Å²) in [6, 6.07) is 11.5. The van der Waals surface area contributed by atoms with E-state index in [0.717, 1.165) is 29.7 Å². The number of rotatable bonds is 7. The zero-order chi connectivity index (χ0) is 24.7. The normalized spacial score (nSPS) is 19.4. The number of fused-ring (bicyclic) bond motifs is 1. The van der Waals surface area contributed by atoms with E-state index >= 15 is 0 Å². The number of aromatic nitrogens is 2. The first-order chi connectivity index (χ1) is 16.8. The number of aryl methyl sites for hydroxylation is 2. The molecular formula is C26H29N5O4. The SMILES string of the molecule is Cc1ccc(CNC(=O)[C@]2(C)Cn3cnc(C(=O)NCc4ccc(C)o4)c3C(=O)N2C2CC2)cc1. The van der Waals surface area contributed by atoms with E-state index in [-0.39, 0.29) is 42.3 Å². The van der Waals surface area contributed by atoms with Gasteiger partial charge < -0.3 is 24.5 Å². The molecule has 3 heterocycles. The summed E-state index contributed by atoms with van der Waals surface area (Å²) in [4.78, 5) is 45.9. The molecular weight excluding hydrogens is 446 g/mol. The molecule has 9 nitrogen and oxygen atoms in total. The average molecular weight is 476 g/mol. The summed E-state index contributed by atoms with van der Waals surface area (Å²) in [7, 11) is 0. The Balaban J connectivity index is 1.36. The smallest absolute Gasteiger partial charge is 0.274 e. The molecule has 1 aromatic carbocycles. The molecule has 0 bridgehead atoms. The zero-order valence-corrected chi connectivity index (χ0v) is 20.1. The summed E-state index contributed by atoms with van der Waals surface area (Å²) in [6.07, 6.45) is 3.13. The molecule has 3 aromatic rings. The van der Waals surface area contributed by atoms with Gasteiger partial charge in [-0.2, -0.15) is 0 Å². The van der Waals surface area contributed by atoms with Crippen LogP contribution in [0, 0.1) is 13.8 Å². The molecule has 9 heteroatoms. The Morgan fingerprint density at radius 2 is 1.83 bits per heavy atom. The fourth-order valence-corrected chi connectivity index (χ4v) is 4.63. The molecule has 3 amide bonds. The lowest BCUT2D eigenvalue weighted by molar-refractivity contribution is -0.133. The van der Waals surface area contributed by atoms with Crippen molar-refractivity contribution in [2.75, 3.05) is 0 Å². The number of carbonyl (C=O) groups excluding carboxylic acids is 3. The van der Waals surface area contributed by atoms with E-state index in [2.05, 4.69) is 15.6 Å². The Kier molecular flexibility index (Phi) is 5.70. The Hall–Kier alpha value is -3.88. The van der Waals surface area contributed by atoms with Gasteiger partial charge in [-0.1, -0.05) is 29.8 Å². The Morgan fingerprint density at radius 3 is 2.49 bits per heavy atom. The van der Waals surface area contributed by atoms with Crippen molar-refractivity contribution in [3.05, 3.63) is 76.8 Å². The van der Waals surface area contributed by atoms with E-state index in [4.69, 9.17) is 4.42 Å². The first kappa shape index (κ1) is 22.9. The predicted molar refractivity (Wildman–Crippen MR) is 127 cm³/mol. The number of benzene rings is 1. The quantitative estimate of drug-likeness (QED) is 0.546. The van der Waals surface area contributed by atoms with Crippen molar-refractivity contribution < 1.29 is 18.8 Å². The van der Waals surface area contributed by atoms with E-state index in [1.165, 1.54) is 6.33 Å². The first-order valence-electron chi connectivity index (χ1n) is 11.8. The van der Waals surface area contributed by atoms with Crippen LogP contribution in [0.2, 0.25) is 0 Å². The Labute approximate surface area is 203 Å². The molecule has 1 aliphatic carbocycles. The lowest BCUT2D eigenvalue weighted by Gasteiger charge is -2.44. The molecule has 1 atom stereocenters. The van der Waals surface area contributed by atoms with E-state index in [0.29, 0.717) is 12.3 Å². The van der Waals surface area contributed by atoms with Crippen LogP contribution >= 0.6 is 0 Å². The van der Waals surface area contributed by atoms with Gasteiger partial charge in [0.2, 0.25) is 5.91 Å². The van der Waals surface area contributed by atoms with Gasteiger partial charge in [0.25, 0.3) is 11.8 Å². The lowest BCUT2D eigenvalue weighted by atomic mass is 9.93. The topological polar surface area (TPSA) is 109 Å². The maximum atomic E-state index is 13.7. The minimum Gasteiger partial charge on any atom is -0.465 e. The summed E-state index contributed by atoms with van der Waals surface area (Å²) in [5, 5.41) is 5.78. The van der Waals surface area contributed by atoms with Gasteiger partial charge in [0, 0.05) is 12.6 Å². The van der Waals surface area contributed by atoms with Crippen LogP contribution in [-0.4, -0.2) is 43.8 Å². The largest absolute Gasteiger partial charge is 0.465 e. The standard InChI is InChI=1S/C26H29N5O4/c1-16-4-7-18(8-5-16)12-28-25(34)26(3)14-30-15-29-21(22(30)24(33)31(26)19-9-10-19)23(32)27-13-20-11-6-17(2)35-20/h4-8,11,15,19H,9-10,12-14H2,1-3H3,(H,27,32)(H,28,34)/t26-/m0/s1. The van der Waals surface area contributed by atoms with Crippen molar-refractivity contribution >= 4 is 17.7 Å². The number of amides is 3. The van der Waals surface area contributed by atoms with E-state index in [9.17, 15) is 14.4 Å². The van der Waals surface area contributed by atoms with Crippen molar-refractivity contribution in [1.29, 1.82) is 0 Å². The van der Waals surface area contributed by atoms with Crippen molar-refractivity contribution in [2.24, 2.45) is 0 Å². The molecule has 182 valence electrons. The van der Waals surface area contributed by atoms with Gasteiger partial charge in [-0.15, -0.1) is 0 Å². The Morgan fingerprint density at radius 1 is 1.09 bits per heavy atom. The fourth-order valence-electron chi connectivity index (χ4n) is 4.63. The monoisotopic (exact) mass is 475 g/mol. The molecule has 0 unspecified atom stereocenters. The van der Waals surface area contributed by atoms with Crippen LogP contribution in [0.1, 0.15) is 63.4 Å². The van der Waals surface area contributed by atoms with Crippen LogP contribution in [0.25, 0.3) is 0 Å². The van der Waals surface area contributed by atoms with Gasteiger partial charge in [0.15, 0.2) is 5.69 Å². The van der Waals surface area contributed by atoms with E-state index < -0.39 is 11.4 Å². The molecule has 1 aliphatic heterocycles. The Bertz CT molecular complexity index is 1290. The number of carbonyl (C=O) groups is 3. The molecule has 35 heavy (non-hydrogen) atoms. The van der Waals surface area contributed by atoms with Gasteiger partial charge in [-0.05, 0) is 51.3 Å². The number of nitrogens with zero attached hydrogens (tertiary/aromatic N) is 3. The summed E-state index contributed by atoms with van der Waals surface area (Å²) >= 11 is 0. The van der Waals surface area contributed by atoms with Crippen molar-refractivity contribution in [3.63, 3.8) is 0 Å². The van der Waals surface area contributed by atoms with Crippen LogP contribution in [-0.2, 0) is 24.4 Å². The van der Waals surface area contributed by atoms with Gasteiger partial charge in [-0.3, -0.25) is 14.4 Å². The second-order valence-corrected chi connectivity index (χ2v) is 9.61. The maximum Gasteiger partial charge on any atom is 0.274 e. The van der Waals surface area contributed by atoms with Crippen LogP contribution in [0.4, 0.5) is 0 Å². The number of hydrogen-bond donors (Lipinski definition) is 2. The van der Waals surface area contributed by atoms with Crippen molar-refractivity contribution in [3.8, 4) is 0 Å². The second-order valence-electron chi connectivity index (χ2n) is 9.61. The average Bonchev–Trinajstić information content (AvgIpc) is 3.42. The summed E-state index contributed by atoms with van der Waals surface area (Å²) in [5.41, 5.74) is 1.33. The molecule has 1 saturated carbocycles. The number of hydrogen-bond acceptors (Lipinski definition) is 5. The van der Waals surface area contributed by atoms with Crippen LogP contribution in [0.15, 0.2) is 47.1 Å². The maximum absolute atomic E-state index is 13.7. The lowest BCUT2D eigenvalue weighted by Crippen LogP contribution is -2.64. The summed E-state index contributed by atoms with van der Waals surface area (Å²) < 4.78 is 7.12. The fraction of sp³-hybridized carbons (Fsp3) is 0.385. The van der Waals surface area contributed by atoms with Crippen molar-refractivity contribution in [2.45, 2.75) is 64.8 Å². The molecule has 0 radical (unpaired) electrons. The molecule has 0 spiro atoms. The summed E-state index contributed by atoms with van der Waals surface area (Å²) in [6.45, 7) is 6.42. The number of imidazole rings is 1. The van der Waals surface area contributed by atoms with Gasteiger partial charge in [0.05, 0.1) is 19.4 Å². The van der Waals surface area contributed by atoms with E-state index in [1.807, 2.05) is 44.2 Å². The highest BCUT2D eigenvalue weighted by molar-refractivity contribution is 6.07. The third-order valence-corrected chi connectivity index (χ3v) is 6.68. The van der Waals surface area contributed by atoms with Crippen LogP contribution in [0.3, 0.4) is 0 Å². The third kappa shape index (κ3) is 4.34. The molecule has 1 fully saturated rings. The highest BCUT2D eigenvalue weighted by Crippen LogP contribution is 2.38. The zero-order valence-electron chi connectivity index (χ0n) is 20.1. The highest BCUT2D eigenvalue weighted by atomic mass is 16.3. The minimum absolute atomic E-state index is 0.0247. The van der Waals surface area contributed by atoms with Gasteiger partial charge in [0.1, 0.15) is 22.8 Å². The molecule has 2 aromatic heterocycles. The third-order valence-electron chi connectivity index (χ3n) is 6.68. The predicted octanol–water partition coefficient (Wildman–Crippen LogP) is 2.72. The minimum atomic E-state index is -1.09. The second kappa shape index (κ2) is 8.72. The molecule has 2 N–H and O–H groups in total. The van der Waals surface area contributed by atoms with E-state index in [1.54, 1.807) is 22.5 Å². The molecule has 5 rings (SSSR count). The first-order valence-corrected chi connectivity index (χ1v) is 11.8.